The quantitative estimate of drug-likeness (QED) is 0.442. The summed E-state index contributed by atoms with van der Waals surface area (Å²) in [6.45, 7) is 2.69. The minimum atomic E-state index is -0.359. The molecule has 0 spiro atoms. The van der Waals surface area contributed by atoms with E-state index in [2.05, 4.69) is 30.3 Å². The molecule has 3 rings (SSSR count). The molecule has 2 aliphatic rings. The van der Waals surface area contributed by atoms with Crippen LogP contribution in [0.2, 0.25) is 0 Å². The van der Waals surface area contributed by atoms with Crippen molar-refractivity contribution < 1.29 is 19.5 Å². The van der Waals surface area contributed by atoms with Crippen LogP contribution in [0.1, 0.15) is 44.6 Å². The molecule has 6 heteroatoms. The van der Waals surface area contributed by atoms with Crippen molar-refractivity contribution in [1.29, 1.82) is 0 Å². The molecule has 5 atom stereocenters. The number of thioether (sulfide) groups is 1. The van der Waals surface area contributed by atoms with Crippen LogP contribution in [0.25, 0.3) is 0 Å². The Morgan fingerprint density at radius 3 is 2.78 bits per heavy atom. The second kappa shape index (κ2) is 10.5. The molecule has 2 N–H and O–H groups in total. The van der Waals surface area contributed by atoms with Crippen molar-refractivity contribution in [1.82, 2.24) is 5.48 Å². The topological polar surface area (TPSA) is 67.8 Å². The largest absolute Gasteiger partial charge is 0.378 e. The summed E-state index contributed by atoms with van der Waals surface area (Å²) in [4.78, 5) is 11.1. The number of hydrogen-bond acceptors (Lipinski definition) is 5. The number of nitrogens with one attached hydrogen (secondary N) is 1. The molecule has 2 saturated heterocycles. The molecule has 2 heterocycles. The maximum absolute atomic E-state index is 11.1. The fourth-order valence-corrected chi connectivity index (χ4v) is 5.55. The van der Waals surface area contributed by atoms with Gasteiger partial charge in [-0.3, -0.25) is 10.0 Å². The maximum atomic E-state index is 11.1. The fraction of sp³-hybridized carbons (Fsp3) is 0.667. The van der Waals surface area contributed by atoms with Crippen LogP contribution >= 0.6 is 11.8 Å². The number of hydrogen-bond donors (Lipinski definition) is 2. The Kier molecular flexibility index (Phi) is 8.00. The average Bonchev–Trinajstić information content (AvgIpc) is 3.29. The summed E-state index contributed by atoms with van der Waals surface area (Å²) in [7, 11) is 0. The van der Waals surface area contributed by atoms with Gasteiger partial charge in [0.05, 0.1) is 18.3 Å². The first-order chi connectivity index (χ1) is 13.2. The lowest BCUT2D eigenvalue weighted by atomic mass is 9.79. The van der Waals surface area contributed by atoms with Crippen molar-refractivity contribution in [3.63, 3.8) is 0 Å². The van der Waals surface area contributed by atoms with Crippen LogP contribution in [0.15, 0.2) is 30.3 Å². The van der Waals surface area contributed by atoms with Gasteiger partial charge in [-0.25, -0.2) is 5.48 Å². The molecule has 1 aromatic rings. The number of rotatable bonds is 11. The van der Waals surface area contributed by atoms with E-state index in [0.717, 1.165) is 17.9 Å². The molecule has 27 heavy (non-hydrogen) atoms. The number of benzene rings is 1. The lowest BCUT2D eigenvalue weighted by Gasteiger charge is -2.28. The number of carbonyl (C=O) groups is 1. The third kappa shape index (κ3) is 5.95. The monoisotopic (exact) mass is 393 g/mol. The number of hydroxylamine groups is 1. The zero-order chi connectivity index (χ0) is 19.1. The summed E-state index contributed by atoms with van der Waals surface area (Å²) in [6, 6.07) is 10.6. The van der Waals surface area contributed by atoms with Gasteiger partial charge >= 0.3 is 0 Å². The molecule has 0 aromatic heterocycles. The Bertz CT molecular complexity index is 585. The second-order valence-corrected chi connectivity index (χ2v) is 8.69. The van der Waals surface area contributed by atoms with Gasteiger partial charge in [0.25, 0.3) is 0 Å². The Labute approximate surface area is 166 Å². The van der Waals surface area contributed by atoms with Crippen LogP contribution in [-0.4, -0.2) is 41.8 Å². The summed E-state index contributed by atoms with van der Waals surface area (Å²) in [6.07, 6.45) is 5.16. The van der Waals surface area contributed by atoms with Gasteiger partial charge in [0.1, 0.15) is 0 Å². The summed E-state index contributed by atoms with van der Waals surface area (Å²) in [5.41, 5.74) is 3.04. The molecule has 5 unspecified atom stereocenters. The molecule has 1 amide bonds. The van der Waals surface area contributed by atoms with Crippen molar-refractivity contribution in [3.8, 4) is 0 Å². The number of ether oxygens (including phenoxy) is 2. The molecule has 2 aliphatic heterocycles. The number of amides is 1. The van der Waals surface area contributed by atoms with Crippen molar-refractivity contribution >= 4 is 17.7 Å². The zero-order valence-corrected chi connectivity index (χ0v) is 16.8. The normalized spacial score (nSPS) is 27.6. The van der Waals surface area contributed by atoms with Gasteiger partial charge in [0, 0.05) is 18.8 Å². The summed E-state index contributed by atoms with van der Waals surface area (Å²) in [5.74, 6) is 3.05. The van der Waals surface area contributed by atoms with Gasteiger partial charge in [-0.1, -0.05) is 30.3 Å². The SMILES string of the molecule is CC(CCC(=O)NO)OCCC1C2CCC(O2)C1CSCc1ccccc1. The minimum Gasteiger partial charge on any atom is -0.378 e. The van der Waals surface area contributed by atoms with Gasteiger partial charge in [-0.05, 0) is 55.8 Å². The molecule has 2 fully saturated rings. The molecule has 2 bridgehead atoms. The number of carbonyl (C=O) groups excluding carboxylic acids is 1. The summed E-state index contributed by atoms with van der Waals surface area (Å²) < 4.78 is 12.1. The number of fused-ring (bicyclic) bond motifs is 2. The lowest BCUT2D eigenvalue weighted by Crippen LogP contribution is -2.30. The third-order valence-corrected chi connectivity index (χ3v) is 6.93. The molecule has 1 aromatic carbocycles. The molecular weight excluding hydrogens is 362 g/mol. The van der Waals surface area contributed by atoms with Crippen molar-refractivity contribution in [2.24, 2.45) is 11.8 Å². The standard InChI is InChI=1S/C21H31NO4S/c1-15(7-10-21(23)22-24)25-12-11-17-18(20-9-8-19(17)26-20)14-27-13-16-5-3-2-4-6-16/h2-6,15,17-20,24H,7-14H2,1H3,(H,22,23). The lowest BCUT2D eigenvalue weighted by molar-refractivity contribution is -0.129. The van der Waals surface area contributed by atoms with E-state index < -0.39 is 0 Å². The average molecular weight is 394 g/mol. The Morgan fingerprint density at radius 2 is 2.04 bits per heavy atom. The first-order valence-corrected chi connectivity index (χ1v) is 11.1. The molecule has 0 radical (unpaired) electrons. The van der Waals surface area contributed by atoms with E-state index >= 15 is 0 Å². The zero-order valence-electron chi connectivity index (χ0n) is 16.0. The Balaban J connectivity index is 1.39. The highest BCUT2D eigenvalue weighted by atomic mass is 32.2. The van der Waals surface area contributed by atoms with Crippen LogP contribution in [-0.2, 0) is 20.0 Å². The molecule has 150 valence electrons. The van der Waals surface area contributed by atoms with Crippen molar-refractivity contribution in [2.75, 3.05) is 12.4 Å². The van der Waals surface area contributed by atoms with Gasteiger partial charge in [-0.15, -0.1) is 0 Å². The molecule has 5 nitrogen and oxygen atoms in total. The van der Waals surface area contributed by atoms with E-state index in [1.165, 1.54) is 18.4 Å². The van der Waals surface area contributed by atoms with Crippen LogP contribution in [0.3, 0.4) is 0 Å². The van der Waals surface area contributed by atoms with Crippen LogP contribution in [0.5, 0.6) is 0 Å². The first-order valence-electron chi connectivity index (χ1n) is 9.99. The van der Waals surface area contributed by atoms with Crippen molar-refractivity contribution in [3.05, 3.63) is 35.9 Å². The summed E-state index contributed by atoms with van der Waals surface area (Å²) in [5, 5.41) is 8.54. The highest BCUT2D eigenvalue weighted by Gasteiger charge is 2.48. The molecular formula is C21H31NO4S. The fourth-order valence-electron chi connectivity index (χ4n) is 4.27. The molecule has 0 saturated carbocycles. The Hall–Kier alpha value is -1.08. The van der Waals surface area contributed by atoms with Crippen LogP contribution in [0.4, 0.5) is 0 Å². The van der Waals surface area contributed by atoms with Gasteiger partial charge in [-0.2, -0.15) is 11.8 Å². The van der Waals surface area contributed by atoms with E-state index in [-0.39, 0.29) is 18.4 Å². The highest BCUT2D eigenvalue weighted by Crippen LogP contribution is 2.46. The first kappa shape index (κ1) is 20.6. The predicted molar refractivity (Wildman–Crippen MR) is 107 cm³/mol. The minimum absolute atomic E-state index is 0.0210. The van der Waals surface area contributed by atoms with Crippen LogP contribution < -0.4 is 5.48 Å². The van der Waals surface area contributed by atoms with E-state index in [4.69, 9.17) is 14.7 Å². The van der Waals surface area contributed by atoms with E-state index in [1.807, 2.05) is 18.7 Å². The van der Waals surface area contributed by atoms with Gasteiger partial charge in [0.2, 0.25) is 5.91 Å². The molecule has 0 aliphatic carbocycles. The maximum Gasteiger partial charge on any atom is 0.243 e. The Morgan fingerprint density at radius 1 is 1.30 bits per heavy atom. The predicted octanol–water partition coefficient (Wildman–Crippen LogP) is 3.79. The smallest absolute Gasteiger partial charge is 0.243 e. The highest BCUT2D eigenvalue weighted by molar-refractivity contribution is 7.98. The third-order valence-electron chi connectivity index (χ3n) is 5.77. The van der Waals surface area contributed by atoms with Gasteiger partial charge < -0.3 is 9.47 Å². The van der Waals surface area contributed by atoms with E-state index in [1.54, 1.807) is 5.48 Å². The van der Waals surface area contributed by atoms with E-state index in [9.17, 15) is 4.79 Å². The van der Waals surface area contributed by atoms with E-state index in [0.29, 0.717) is 37.1 Å². The van der Waals surface area contributed by atoms with Crippen LogP contribution in [0, 0.1) is 11.8 Å². The van der Waals surface area contributed by atoms with Crippen molar-refractivity contribution in [2.45, 2.75) is 63.1 Å². The summed E-state index contributed by atoms with van der Waals surface area (Å²) >= 11 is 2.01. The van der Waals surface area contributed by atoms with Gasteiger partial charge in [0.15, 0.2) is 0 Å². The second-order valence-electron chi connectivity index (χ2n) is 7.66.